The monoisotopic (exact) mass is 684 g/mol. The molecule has 54 heavy (non-hydrogen) atoms. The average Bonchev–Trinajstić information content (AvgIpc) is 3.26. The number of rotatable bonds is 6. The van der Waals surface area contributed by atoms with Gasteiger partial charge in [0.05, 0.1) is 0 Å². The zero-order valence-corrected chi connectivity index (χ0v) is 29.8. The van der Waals surface area contributed by atoms with E-state index in [1.54, 1.807) is 0 Å². The molecule has 0 heteroatoms. The van der Waals surface area contributed by atoms with E-state index in [1.165, 1.54) is 99.1 Å². The van der Waals surface area contributed by atoms with E-state index in [0.29, 0.717) is 0 Å². The molecule has 0 aliphatic carbocycles. The summed E-state index contributed by atoms with van der Waals surface area (Å²) in [6, 6.07) is 79.8. The van der Waals surface area contributed by atoms with Gasteiger partial charge in [-0.25, -0.2) is 0 Å². The van der Waals surface area contributed by atoms with Crippen molar-refractivity contribution in [2.45, 2.75) is 0 Å². The van der Waals surface area contributed by atoms with E-state index in [2.05, 4.69) is 218 Å². The predicted octanol–water partition coefficient (Wildman–Crippen LogP) is 15.1. The van der Waals surface area contributed by atoms with E-state index in [1.807, 2.05) is 0 Å². The molecule has 0 bridgehead atoms. The van der Waals surface area contributed by atoms with E-state index in [4.69, 9.17) is 0 Å². The maximum Gasteiger partial charge on any atom is -0.00201 e. The molecule has 0 radical (unpaired) electrons. The molecule has 252 valence electrons. The molecule has 0 amide bonds. The lowest BCUT2D eigenvalue weighted by Crippen LogP contribution is -1.94. The van der Waals surface area contributed by atoms with Crippen LogP contribution in [0.1, 0.15) is 0 Å². The molecule has 0 saturated carbocycles. The van der Waals surface area contributed by atoms with Crippen molar-refractivity contribution >= 4 is 32.3 Å². The normalized spacial score (nSPS) is 11.3. The van der Waals surface area contributed by atoms with Crippen molar-refractivity contribution in [3.05, 3.63) is 218 Å². The van der Waals surface area contributed by atoms with Crippen LogP contribution >= 0.6 is 0 Å². The first kappa shape index (κ1) is 31.7. The molecular weight excluding hydrogens is 649 g/mol. The van der Waals surface area contributed by atoms with Crippen LogP contribution in [0.3, 0.4) is 0 Å². The Hall–Kier alpha value is -7.02. The molecule has 0 unspecified atom stereocenters. The fourth-order valence-corrected chi connectivity index (χ4v) is 8.22. The largest absolute Gasteiger partial charge is 0.0622 e. The van der Waals surface area contributed by atoms with Crippen molar-refractivity contribution in [2.75, 3.05) is 0 Å². The van der Waals surface area contributed by atoms with Crippen molar-refractivity contribution in [3.8, 4) is 66.8 Å². The van der Waals surface area contributed by atoms with Gasteiger partial charge in [-0.15, -0.1) is 0 Å². The Morgan fingerprint density at radius 3 is 1.02 bits per heavy atom. The number of fused-ring (bicyclic) bond motifs is 4. The third-order valence-corrected chi connectivity index (χ3v) is 10.8. The minimum Gasteiger partial charge on any atom is -0.0622 e. The molecule has 0 nitrogen and oxygen atoms in total. The highest BCUT2D eigenvalue weighted by Gasteiger charge is 2.20. The zero-order valence-electron chi connectivity index (χ0n) is 29.8. The summed E-state index contributed by atoms with van der Waals surface area (Å²) in [5, 5.41) is 7.48. The van der Waals surface area contributed by atoms with Crippen molar-refractivity contribution < 1.29 is 0 Å². The smallest absolute Gasteiger partial charge is 0.00201 e. The van der Waals surface area contributed by atoms with Gasteiger partial charge >= 0.3 is 0 Å². The summed E-state index contributed by atoms with van der Waals surface area (Å²) in [5.74, 6) is 0. The van der Waals surface area contributed by atoms with Crippen LogP contribution in [0.2, 0.25) is 0 Å². The first-order valence-corrected chi connectivity index (χ1v) is 18.7. The standard InChI is InChI=1S/C54H36/c1-5-15-37(16-6-1)38-25-27-39(28-26-38)45-29-31-47-48-32-30-46(50-34-44-24-14-13-23-43(44)33-49(50)40-17-7-2-8-18-40)36-52(48)54(42-21-11-4-12-22-42)53(51(47)35-45)41-19-9-3-10-20-41/h1-36H. The van der Waals surface area contributed by atoms with Crippen LogP contribution in [0.5, 0.6) is 0 Å². The molecule has 10 aromatic rings. The van der Waals surface area contributed by atoms with Gasteiger partial charge in [-0.2, -0.15) is 0 Å². The van der Waals surface area contributed by atoms with E-state index in [0.717, 1.165) is 0 Å². The minimum atomic E-state index is 1.21. The molecule has 0 aromatic heterocycles. The van der Waals surface area contributed by atoms with Gasteiger partial charge in [0.1, 0.15) is 0 Å². The summed E-state index contributed by atoms with van der Waals surface area (Å²) in [6.07, 6.45) is 0. The Balaban J connectivity index is 1.25. The third-order valence-electron chi connectivity index (χ3n) is 10.8. The lowest BCUT2D eigenvalue weighted by Gasteiger charge is -2.21. The predicted molar refractivity (Wildman–Crippen MR) is 232 cm³/mol. The lowest BCUT2D eigenvalue weighted by molar-refractivity contribution is 1.59. The fraction of sp³-hybridized carbons (Fsp3) is 0. The first-order chi connectivity index (χ1) is 26.8. The van der Waals surface area contributed by atoms with Gasteiger partial charge in [-0.3, -0.25) is 0 Å². The van der Waals surface area contributed by atoms with Gasteiger partial charge < -0.3 is 0 Å². The molecule has 0 fully saturated rings. The Bertz CT molecular complexity index is 2930. The number of benzene rings is 10. The molecule has 10 rings (SSSR count). The summed E-state index contributed by atoms with van der Waals surface area (Å²) >= 11 is 0. The van der Waals surface area contributed by atoms with Gasteiger partial charge in [0.25, 0.3) is 0 Å². The molecule has 0 aliphatic heterocycles. The Labute approximate surface area is 316 Å². The van der Waals surface area contributed by atoms with Crippen molar-refractivity contribution in [1.82, 2.24) is 0 Å². The van der Waals surface area contributed by atoms with Crippen molar-refractivity contribution in [3.63, 3.8) is 0 Å². The highest BCUT2D eigenvalue weighted by molar-refractivity contribution is 6.23. The summed E-state index contributed by atoms with van der Waals surface area (Å²) in [4.78, 5) is 0. The zero-order chi connectivity index (χ0) is 35.8. The summed E-state index contributed by atoms with van der Waals surface area (Å²) < 4.78 is 0. The Morgan fingerprint density at radius 1 is 0.185 bits per heavy atom. The summed E-state index contributed by atoms with van der Waals surface area (Å²) in [5.41, 5.74) is 14.7. The van der Waals surface area contributed by atoms with Crippen molar-refractivity contribution in [2.24, 2.45) is 0 Å². The maximum absolute atomic E-state index is 2.44. The highest BCUT2D eigenvalue weighted by atomic mass is 14.2. The first-order valence-electron chi connectivity index (χ1n) is 18.7. The van der Waals surface area contributed by atoms with Crippen LogP contribution in [0.4, 0.5) is 0 Å². The highest BCUT2D eigenvalue weighted by Crippen LogP contribution is 2.47. The Morgan fingerprint density at radius 2 is 0.519 bits per heavy atom. The molecule has 0 heterocycles. The number of hydrogen-bond donors (Lipinski definition) is 0. The quantitative estimate of drug-likeness (QED) is 0.153. The van der Waals surface area contributed by atoms with Crippen LogP contribution in [0.15, 0.2) is 218 Å². The molecule has 0 atom stereocenters. The van der Waals surface area contributed by atoms with Gasteiger partial charge in [0, 0.05) is 0 Å². The second-order valence-corrected chi connectivity index (χ2v) is 14.1. The fourth-order valence-electron chi connectivity index (χ4n) is 8.22. The Kier molecular flexibility index (Phi) is 7.93. The molecular formula is C54H36. The lowest BCUT2D eigenvalue weighted by atomic mass is 9.82. The van der Waals surface area contributed by atoms with E-state index in [-0.39, 0.29) is 0 Å². The van der Waals surface area contributed by atoms with Crippen molar-refractivity contribution in [1.29, 1.82) is 0 Å². The molecule has 0 aliphatic rings. The van der Waals surface area contributed by atoms with Crippen LogP contribution < -0.4 is 0 Å². The molecule has 10 aromatic carbocycles. The van der Waals surface area contributed by atoms with Gasteiger partial charge in [0.2, 0.25) is 0 Å². The maximum atomic E-state index is 2.44. The second-order valence-electron chi connectivity index (χ2n) is 14.1. The summed E-state index contributed by atoms with van der Waals surface area (Å²) in [7, 11) is 0. The van der Waals surface area contributed by atoms with E-state index < -0.39 is 0 Å². The number of hydrogen-bond acceptors (Lipinski definition) is 0. The van der Waals surface area contributed by atoms with Crippen LogP contribution in [-0.4, -0.2) is 0 Å². The van der Waals surface area contributed by atoms with E-state index >= 15 is 0 Å². The topological polar surface area (TPSA) is 0 Å². The second kappa shape index (κ2) is 13.5. The van der Waals surface area contributed by atoms with Gasteiger partial charge in [0.15, 0.2) is 0 Å². The van der Waals surface area contributed by atoms with Gasteiger partial charge in [-0.05, 0) is 123 Å². The van der Waals surface area contributed by atoms with Gasteiger partial charge in [-0.1, -0.05) is 194 Å². The summed E-state index contributed by atoms with van der Waals surface area (Å²) in [6.45, 7) is 0. The van der Waals surface area contributed by atoms with Crippen LogP contribution in [0.25, 0.3) is 99.1 Å². The molecule has 0 saturated heterocycles. The SMILES string of the molecule is c1ccc(-c2ccc(-c3ccc4c(c3)c(-c3ccccc3)c(-c3ccccc3)c3cc(-c5cc6ccccc6cc5-c5ccccc5)ccc34)cc2)cc1. The average molecular weight is 685 g/mol. The molecule has 0 spiro atoms. The molecule has 0 N–H and O–H groups in total. The minimum absolute atomic E-state index is 1.21. The van der Waals surface area contributed by atoms with Crippen LogP contribution in [-0.2, 0) is 0 Å². The third kappa shape index (κ3) is 5.66. The van der Waals surface area contributed by atoms with E-state index in [9.17, 15) is 0 Å². The van der Waals surface area contributed by atoms with Crippen LogP contribution in [0, 0.1) is 0 Å².